The van der Waals surface area contributed by atoms with Crippen molar-refractivity contribution >= 4 is 33.8 Å². The number of hydrogen-bond donors (Lipinski definition) is 1. The van der Waals surface area contributed by atoms with Gasteiger partial charge in [0.05, 0.1) is 42.8 Å². The van der Waals surface area contributed by atoms with Gasteiger partial charge in [-0.1, -0.05) is 0 Å². The fraction of sp³-hybridized carbons (Fsp3) is 0.846. The molecule has 0 aromatic heterocycles. The standard InChI is InChI=1S/C26H42O11S/c1-18(27)19-7-9-20(10-8-19)24(28)35-13-5-6-14-37-26(30)22-15-21(16-23(17-22)38(31,32)33)25(29)36-12-4-3-11-34-2/h19-23H,3-17H2,1-2H3,(H,31,32,33). The van der Waals surface area contributed by atoms with Crippen LogP contribution in [0.4, 0.5) is 0 Å². The summed E-state index contributed by atoms with van der Waals surface area (Å²) in [6.45, 7) is 2.52. The van der Waals surface area contributed by atoms with Gasteiger partial charge in [-0.25, -0.2) is 0 Å². The molecule has 3 atom stereocenters. The molecule has 2 aliphatic carbocycles. The van der Waals surface area contributed by atoms with Crippen LogP contribution in [-0.4, -0.2) is 75.4 Å². The highest BCUT2D eigenvalue weighted by atomic mass is 32.2. The van der Waals surface area contributed by atoms with Crippen molar-refractivity contribution in [3.05, 3.63) is 0 Å². The lowest BCUT2D eigenvalue weighted by molar-refractivity contribution is -0.156. The van der Waals surface area contributed by atoms with Gasteiger partial charge in [0.1, 0.15) is 5.78 Å². The maximum atomic E-state index is 12.6. The van der Waals surface area contributed by atoms with Crippen LogP contribution < -0.4 is 0 Å². The van der Waals surface area contributed by atoms with E-state index in [1.54, 1.807) is 14.0 Å². The zero-order valence-electron chi connectivity index (χ0n) is 22.4. The fourth-order valence-corrected chi connectivity index (χ4v) is 6.01. The highest BCUT2D eigenvalue weighted by Gasteiger charge is 2.42. The van der Waals surface area contributed by atoms with E-state index in [1.807, 2.05) is 0 Å². The second-order valence-electron chi connectivity index (χ2n) is 10.3. The van der Waals surface area contributed by atoms with Gasteiger partial charge >= 0.3 is 17.9 Å². The number of carbonyl (C=O) groups is 4. The minimum atomic E-state index is -4.45. The van der Waals surface area contributed by atoms with Gasteiger partial charge in [-0.3, -0.25) is 23.7 Å². The van der Waals surface area contributed by atoms with Crippen molar-refractivity contribution in [2.45, 2.75) is 82.8 Å². The summed E-state index contributed by atoms with van der Waals surface area (Å²) in [5.74, 6) is -3.16. The summed E-state index contributed by atoms with van der Waals surface area (Å²) in [7, 11) is -2.87. The highest BCUT2D eigenvalue weighted by molar-refractivity contribution is 7.86. The van der Waals surface area contributed by atoms with E-state index in [4.69, 9.17) is 18.9 Å². The van der Waals surface area contributed by atoms with Crippen molar-refractivity contribution in [3.63, 3.8) is 0 Å². The maximum Gasteiger partial charge on any atom is 0.308 e. The van der Waals surface area contributed by atoms with Gasteiger partial charge in [0.25, 0.3) is 10.1 Å². The summed E-state index contributed by atoms with van der Waals surface area (Å²) >= 11 is 0. The zero-order valence-corrected chi connectivity index (χ0v) is 23.2. The van der Waals surface area contributed by atoms with Crippen molar-refractivity contribution < 1.29 is 51.1 Å². The molecular weight excluding hydrogens is 520 g/mol. The Morgan fingerprint density at radius 2 is 1.05 bits per heavy atom. The number of carbonyl (C=O) groups excluding carboxylic acids is 4. The van der Waals surface area contributed by atoms with Crippen LogP contribution in [0, 0.1) is 23.7 Å². The van der Waals surface area contributed by atoms with Crippen molar-refractivity contribution in [1.29, 1.82) is 0 Å². The molecule has 0 aromatic carbocycles. The Kier molecular flexibility index (Phi) is 13.7. The molecule has 2 rings (SSSR count). The van der Waals surface area contributed by atoms with E-state index >= 15 is 0 Å². The van der Waals surface area contributed by atoms with Gasteiger partial charge in [-0.15, -0.1) is 0 Å². The maximum absolute atomic E-state index is 12.6. The predicted molar refractivity (Wildman–Crippen MR) is 136 cm³/mol. The number of hydrogen-bond acceptors (Lipinski definition) is 10. The molecule has 11 nitrogen and oxygen atoms in total. The van der Waals surface area contributed by atoms with Gasteiger partial charge in [0.2, 0.25) is 0 Å². The van der Waals surface area contributed by atoms with Crippen LogP contribution in [0.25, 0.3) is 0 Å². The molecule has 0 aliphatic heterocycles. The number of methoxy groups -OCH3 is 1. The Morgan fingerprint density at radius 3 is 1.45 bits per heavy atom. The van der Waals surface area contributed by atoms with Crippen LogP contribution in [0.5, 0.6) is 0 Å². The number of unbranched alkanes of at least 4 members (excludes halogenated alkanes) is 2. The average molecular weight is 563 g/mol. The smallest absolute Gasteiger partial charge is 0.308 e. The van der Waals surface area contributed by atoms with E-state index in [9.17, 15) is 32.1 Å². The van der Waals surface area contributed by atoms with Crippen LogP contribution >= 0.6 is 0 Å². The molecule has 0 bridgehead atoms. The van der Waals surface area contributed by atoms with Crippen LogP contribution in [-0.2, 0) is 48.2 Å². The highest BCUT2D eigenvalue weighted by Crippen LogP contribution is 2.34. The summed E-state index contributed by atoms with van der Waals surface area (Å²) in [6.07, 6.45) is 4.79. The third-order valence-electron chi connectivity index (χ3n) is 7.40. The molecule has 2 aliphatic rings. The number of rotatable bonds is 15. The summed E-state index contributed by atoms with van der Waals surface area (Å²) in [5, 5.41) is -1.25. The average Bonchev–Trinajstić information content (AvgIpc) is 2.89. The van der Waals surface area contributed by atoms with Gasteiger partial charge in [-0.05, 0) is 77.6 Å². The number of ketones is 1. The van der Waals surface area contributed by atoms with Crippen LogP contribution in [0.15, 0.2) is 0 Å². The molecule has 38 heavy (non-hydrogen) atoms. The van der Waals surface area contributed by atoms with Crippen molar-refractivity contribution in [1.82, 2.24) is 0 Å². The largest absolute Gasteiger partial charge is 0.465 e. The first kappa shape index (κ1) is 32.2. The van der Waals surface area contributed by atoms with Gasteiger partial charge in [-0.2, -0.15) is 8.42 Å². The van der Waals surface area contributed by atoms with E-state index in [0.717, 1.165) is 0 Å². The Labute approximate surface area is 225 Å². The zero-order chi connectivity index (χ0) is 28.1. The lowest BCUT2D eigenvalue weighted by atomic mass is 9.80. The van der Waals surface area contributed by atoms with Crippen molar-refractivity contribution in [2.75, 3.05) is 33.5 Å². The first-order chi connectivity index (χ1) is 18.0. The lowest BCUT2D eigenvalue weighted by Gasteiger charge is -2.31. The topological polar surface area (TPSA) is 160 Å². The number of Topliss-reactive ketones (excluding diaryl/α,β-unsaturated/α-hetero) is 1. The number of ether oxygens (including phenoxy) is 4. The lowest BCUT2D eigenvalue weighted by Crippen LogP contribution is -2.39. The minimum Gasteiger partial charge on any atom is -0.465 e. The number of esters is 3. The Bertz CT molecular complexity index is 893. The molecule has 0 heterocycles. The molecular formula is C26H42O11S. The van der Waals surface area contributed by atoms with Crippen LogP contribution in [0.1, 0.15) is 77.6 Å². The fourth-order valence-electron chi connectivity index (χ4n) is 5.05. The molecule has 0 aromatic rings. The quantitative estimate of drug-likeness (QED) is 0.135. The van der Waals surface area contributed by atoms with Gasteiger partial charge in [0, 0.05) is 19.6 Å². The second-order valence-corrected chi connectivity index (χ2v) is 12.0. The predicted octanol–water partition coefficient (Wildman–Crippen LogP) is 2.89. The monoisotopic (exact) mass is 562 g/mol. The van der Waals surface area contributed by atoms with Crippen molar-refractivity contribution in [3.8, 4) is 0 Å². The van der Waals surface area contributed by atoms with E-state index in [2.05, 4.69) is 0 Å². The SMILES string of the molecule is COCCCCOC(=O)C1CC(C(=O)OCCCCOC(=O)C2CCC(C(C)=O)CC2)CC(S(=O)(=O)O)C1. The first-order valence-corrected chi connectivity index (χ1v) is 15.0. The summed E-state index contributed by atoms with van der Waals surface area (Å²) in [5.41, 5.74) is 0. The normalized spacial score (nSPS) is 25.8. The van der Waals surface area contributed by atoms with E-state index < -0.39 is 39.1 Å². The van der Waals surface area contributed by atoms with Crippen LogP contribution in [0.2, 0.25) is 0 Å². The molecule has 12 heteroatoms. The minimum absolute atomic E-state index is 0.0395. The van der Waals surface area contributed by atoms with Crippen molar-refractivity contribution in [2.24, 2.45) is 23.7 Å². The van der Waals surface area contributed by atoms with Crippen LogP contribution in [0.3, 0.4) is 0 Å². The summed E-state index contributed by atoms with van der Waals surface area (Å²) in [4.78, 5) is 48.8. The second kappa shape index (κ2) is 16.1. The first-order valence-electron chi connectivity index (χ1n) is 13.5. The van der Waals surface area contributed by atoms with Gasteiger partial charge < -0.3 is 18.9 Å². The molecule has 0 spiro atoms. The molecule has 3 unspecified atom stereocenters. The molecule has 0 saturated heterocycles. The van der Waals surface area contributed by atoms with Gasteiger partial charge in [0.15, 0.2) is 0 Å². The Morgan fingerprint density at radius 1 is 0.658 bits per heavy atom. The molecule has 2 saturated carbocycles. The molecule has 2 fully saturated rings. The Balaban J connectivity index is 1.71. The van der Waals surface area contributed by atoms with E-state index in [-0.39, 0.29) is 62.7 Å². The third kappa shape index (κ3) is 11.0. The molecule has 218 valence electrons. The van der Waals surface area contributed by atoms with E-state index in [0.29, 0.717) is 58.0 Å². The third-order valence-corrected chi connectivity index (χ3v) is 8.63. The summed E-state index contributed by atoms with van der Waals surface area (Å²) < 4.78 is 53.9. The molecule has 1 N–H and O–H groups in total. The van der Waals surface area contributed by atoms with E-state index in [1.165, 1.54) is 0 Å². The molecule has 0 radical (unpaired) electrons. The molecule has 0 amide bonds. The Hall–Kier alpha value is -2.05. The summed E-state index contributed by atoms with van der Waals surface area (Å²) in [6, 6.07) is 0.